The first kappa shape index (κ1) is 9.85. The molecule has 0 saturated heterocycles. The third-order valence-corrected chi connectivity index (χ3v) is 2.18. The van der Waals surface area contributed by atoms with E-state index in [0.29, 0.717) is 5.92 Å². The van der Waals surface area contributed by atoms with Gasteiger partial charge in [0.15, 0.2) is 0 Å². The Morgan fingerprint density at radius 3 is 2.92 bits per heavy atom. The van der Waals surface area contributed by atoms with E-state index in [-0.39, 0.29) is 0 Å². The average molecular weight is 176 g/mol. The first-order chi connectivity index (χ1) is 6.27. The standard InChI is InChI=1S/C12H16O/c1-4-6-10(2)11-7-5-8-12(9-11)13-3/h4-5,7-10H,1,6H2,2-3H3. The molecule has 0 saturated carbocycles. The maximum atomic E-state index is 5.16. The number of methoxy groups -OCH3 is 1. The van der Waals surface area contributed by atoms with Crippen molar-refractivity contribution in [3.8, 4) is 5.75 Å². The Balaban J connectivity index is 2.81. The molecule has 0 aliphatic rings. The van der Waals surface area contributed by atoms with E-state index in [0.717, 1.165) is 12.2 Å². The van der Waals surface area contributed by atoms with Crippen LogP contribution in [0, 0.1) is 0 Å². The molecule has 1 heteroatoms. The van der Waals surface area contributed by atoms with E-state index in [9.17, 15) is 0 Å². The van der Waals surface area contributed by atoms with Crippen LogP contribution in [0.2, 0.25) is 0 Å². The SMILES string of the molecule is C=CCC(C)c1cccc(OC)c1. The van der Waals surface area contributed by atoms with Crippen molar-refractivity contribution in [2.45, 2.75) is 19.3 Å². The van der Waals surface area contributed by atoms with Gasteiger partial charge in [0.2, 0.25) is 0 Å². The van der Waals surface area contributed by atoms with Gasteiger partial charge >= 0.3 is 0 Å². The maximum Gasteiger partial charge on any atom is 0.119 e. The predicted octanol–water partition coefficient (Wildman–Crippen LogP) is 3.37. The molecule has 0 fully saturated rings. The molecule has 0 bridgehead atoms. The monoisotopic (exact) mass is 176 g/mol. The van der Waals surface area contributed by atoms with Gasteiger partial charge in [0, 0.05) is 0 Å². The Hall–Kier alpha value is -1.24. The molecule has 0 aliphatic heterocycles. The molecule has 0 spiro atoms. The van der Waals surface area contributed by atoms with Gasteiger partial charge in [0.1, 0.15) is 5.75 Å². The van der Waals surface area contributed by atoms with E-state index in [1.165, 1.54) is 5.56 Å². The van der Waals surface area contributed by atoms with Crippen LogP contribution >= 0.6 is 0 Å². The number of hydrogen-bond donors (Lipinski definition) is 0. The van der Waals surface area contributed by atoms with Crippen molar-refractivity contribution in [2.75, 3.05) is 7.11 Å². The van der Waals surface area contributed by atoms with Gasteiger partial charge < -0.3 is 4.74 Å². The predicted molar refractivity (Wildman–Crippen MR) is 56.2 cm³/mol. The molecule has 1 atom stereocenters. The number of ether oxygens (including phenoxy) is 1. The quantitative estimate of drug-likeness (QED) is 0.639. The first-order valence-electron chi connectivity index (χ1n) is 4.52. The molecule has 13 heavy (non-hydrogen) atoms. The first-order valence-corrected chi connectivity index (χ1v) is 4.52. The van der Waals surface area contributed by atoms with Crippen LogP contribution in [0.5, 0.6) is 5.75 Å². The lowest BCUT2D eigenvalue weighted by molar-refractivity contribution is 0.414. The van der Waals surface area contributed by atoms with Gasteiger partial charge in [-0.2, -0.15) is 0 Å². The summed E-state index contributed by atoms with van der Waals surface area (Å²) in [5, 5.41) is 0. The van der Waals surface area contributed by atoms with Crippen molar-refractivity contribution in [1.82, 2.24) is 0 Å². The minimum Gasteiger partial charge on any atom is -0.497 e. The van der Waals surface area contributed by atoms with E-state index in [1.54, 1.807) is 7.11 Å². The zero-order chi connectivity index (χ0) is 9.68. The highest BCUT2D eigenvalue weighted by Crippen LogP contribution is 2.22. The molecule has 0 aromatic heterocycles. The minimum absolute atomic E-state index is 0.521. The smallest absolute Gasteiger partial charge is 0.119 e. The zero-order valence-corrected chi connectivity index (χ0v) is 8.29. The second kappa shape index (κ2) is 4.70. The molecule has 0 radical (unpaired) electrons. The van der Waals surface area contributed by atoms with Crippen molar-refractivity contribution in [3.63, 3.8) is 0 Å². The number of hydrogen-bond acceptors (Lipinski definition) is 1. The second-order valence-corrected chi connectivity index (χ2v) is 3.20. The Morgan fingerprint density at radius 1 is 1.54 bits per heavy atom. The van der Waals surface area contributed by atoms with Gasteiger partial charge in [0.05, 0.1) is 7.11 Å². The lowest BCUT2D eigenvalue weighted by atomic mass is 9.98. The fraction of sp³-hybridized carbons (Fsp3) is 0.333. The van der Waals surface area contributed by atoms with Crippen LogP contribution in [0.4, 0.5) is 0 Å². The van der Waals surface area contributed by atoms with Gasteiger partial charge in [-0.25, -0.2) is 0 Å². The molecule has 0 aliphatic carbocycles. The van der Waals surface area contributed by atoms with Gasteiger partial charge in [-0.15, -0.1) is 6.58 Å². The van der Waals surface area contributed by atoms with Crippen molar-refractivity contribution in [1.29, 1.82) is 0 Å². The topological polar surface area (TPSA) is 9.23 Å². The third-order valence-electron chi connectivity index (χ3n) is 2.18. The van der Waals surface area contributed by atoms with Crippen molar-refractivity contribution < 1.29 is 4.74 Å². The highest BCUT2D eigenvalue weighted by molar-refractivity contribution is 5.30. The van der Waals surface area contributed by atoms with Gasteiger partial charge in [0.25, 0.3) is 0 Å². The molecular weight excluding hydrogens is 160 g/mol. The lowest BCUT2D eigenvalue weighted by Gasteiger charge is -2.10. The highest BCUT2D eigenvalue weighted by Gasteiger charge is 2.03. The Kier molecular flexibility index (Phi) is 3.56. The van der Waals surface area contributed by atoms with E-state index in [1.807, 2.05) is 18.2 Å². The van der Waals surface area contributed by atoms with E-state index in [4.69, 9.17) is 4.74 Å². The van der Waals surface area contributed by atoms with Gasteiger partial charge in [-0.1, -0.05) is 25.1 Å². The number of benzene rings is 1. The number of rotatable bonds is 4. The van der Waals surface area contributed by atoms with Gasteiger partial charge in [-0.3, -0.25) is 0 Å². The summed E-state index contributed by atoms with van der Waals surface area (Å²) in [5.41, 5.74) is 1.30. The van der Waals surface area contributed by atoms with Crippen LogP contribution in [0.1, 0.15) is 24.8 Å². The van der Waals surface area contributed by atoms with Crippen LogP contribution in [0.15, 0.2) is 36.9 Å². The minimum atomic E-state index is 0.521. The molecule has 0 heterocycles. The van der Waals surface area contributed by atoms with Crippen LogP contribution in [-0.2, 0) is 0 Å². The largest absolute Gasteiger partial charge is 0.497 e. The Bertz CT molecular complexity index is 278. The van der Waals surface area contributed by atoms with Crippen LogP contribution in [-0.4, -0.2) is 7.11 Å². The maximum absolute atomic E-state index is 5.16. The summed E-state index contributed by atoms with van der Waals surface area (Å²) in [4.78, 5) is 0. The highest BCUT2D eigenvalue weighted by atomic mass is 16.5. The normalized spacial score (nSPS) is 12.2. The summed E-state index contributed by atoms with van der Waals surface area (Å²) < 4.78 is 5.16. The summed E-state index contributed by atoms with van der Waals surface area (Å²) in [5.74, 6) is 1.45. The average Bonchev–Trinajstić information content (AvgIpc) is 2.18. The fourth-order valence-corrected chi connectivity index (χ4v) is 1.33. The summed E-state index contributed by atoms with van der Waals surface area (Å²) in [6.07, 6.45) is 2.96. The number of allylic oxidation sites excluding steroid dienone is 1. The van der Waals surface area contributed by atoms with E-state index in [2.05, 4.69) is 25.6 Å². The Morgan fingerprint density at radius 2 is 2.31 bits per heavy atom. The summed E-state index contributed by atoms with van der Waals surface area (Å²) in [6, 6.07) is 8.18. The molecule has 1 rings (SSSR count). The molecule has 0 amide bonds. The van der Waals surface area contributed by atoms with Crippen molar-refractivity contribution in [2.24, 2.45) is 0 Å². The van der Waals surface area contributed by atoms with E-state index < -0.39 is 0 Å². The van der Waals surface area contributed by atoms with Crippen LogP contribution < -0.4 is 4.74 Å². The summed E-state index contributed by atoms with van der Waals surface area (Å²) in [7, 11) is 1.69. The summed E-state index contributed by atoms with van der Waals surface area (Å²) >= 11 is 0. The molecule has 1 unspecified atom stereocenters. The fourth-order valence-electron chi connectivity index (χ4n) is 1.33. The molecule has 1 aromatic rings. The van der Waals surface area contributed by atoms with Crippen molar-refractivity contribution >= 4 is 0 Å². The third kappa shape index (κ3) is 2.62. The Labute approximate surface area is 80.0 Å². The molecule has 1 nitrogen and oxygen atoms in total. The molecular formula is C12H16O. The van der Waals surface area contributed by atoms with E-state index >= 15 is 0 Å². The lowest BCUT2D eigenvalue weighted by Crippen LogP contribution is -1.92. The van der Waals surface area contributed by atoms with Crippen LogP contribution in [0.25, 0.3) is 0 Å². The second-order valence-electron chi connectivity index (χ2n) is 3.20. The molecule has 70 valence electrons. The van der Waals surface area contributed by atoms with Crippen molar-refractivity contribution in [3.05, 3.63) is 42.5 Å². The molecule has 0 N–H and O–H groups in total. The van der Waals surface area contributed by atoms with Crippen LogP contribution in [0.3, 0.4) is 0 Å². The zero-order valence-electron chi connectivity index (χ0n) is 8.29. The molecule has 1 aromatic carbocycles. The van der Waals surface area contributed by atoms with Gasteiger partial charge in [-0.05, 0) is 30.0 Å². The summed E-state index contributed by atoms with van der Waals surface area (Å²) in [6.45, 7) is 5.93.